The van der Waals surface area contributed by atoms with Crippen molar-refractivity contribution in [3.63, 3.8) is 0 Å². The lowest BCUT2D eigenvalue weighted by Gasteiger charge is -2.20. The van der Waals surface area contributed by atoms with Crippen molar-refractivity contribution in [2.24, 2.45) is 5.92 Å². The van der Waals surface area contributed by atoms with Crippen LogP contribution in [-0.2, 0) is 6.42 Å². The molecule has 0 spiro atoms. The van der Waals surface area contributed by atoms with E-state index in [1.165, 1.54) is 4.88 Å². The normalized spacial score (nSPS) is 19.3. The van der Waals surface area contributed by atoms with E-state index in [2.05, 4.69) is 15.2 Å². The number of aromatic nitrogens is 3. The number of H-pyrrole nitrogens is 1. The Morgan fingerprint density at radius 1 is 1.29 bits per heavy atom. The van der Waals surface area contributed by atoms with Gasteiger partial charge in [0.1, 0.15) is 11.4 Å². The lowest BCUT2D eigenvalue weighted by molar-refractivity contribution is 0.0697. The van der Waals surface area contributed by atoms with Crippen LogP contribution in [0, 0.1) is 19.8 Å². The molecule has 2 atom stereocenters. The summed E-state index contributed by atoms with van der Waals surface area (Å²) in [7, 11) is 0. The van der Waals surface area contributed by atoms with Crippen LogP contribution in [-0.4, -0.2) is 50.6 Å². The van der Waals surface area contributed by atoms with E-state index >= 15 is 0 Å². The van der Waals surface area contributed by atoms with Gasteiger partial charge in [-0.15, -0.1) is 11.3 Å². The molecule has 146 valence electrons. The first-order valence-corrected chi connectivity index (χ1v) is 9.97. The molecule has 1 aliphatic heterocycles. The third-order valence-corrected chi connectivity index (χ3v) is 6.06. The minimum Gasteiger partial charge on any atom is -0.478 e. The minimum atomic E-state index is -1.02. The van der Waals surface area contributed by atoms with Gasteiger partial charge < -0.3 is 15.1 Å². The predicted octanol–water partition coefficient (Wildman–Crippen LogP) is 2.89. The molecule has 0 aromatic carbocycles. The van der Waals surface area contributed by atoms with Crippen molar-refractivity contribution in [1.29, 1.82) is 0 Å². The van der Waals surface area contributed by atoms with E-state index in [1.807, 2.05) is 36.9 Å². The van der Waals surface area contributed by atoms with Crippen LogP contribution in [0.3, 0.4) is 0 Å². The summed E-state index contributed by atoms with van der Waals surface area (Å²) in [5, 5.41) is 27.3. The zero-order chi connectivity index (χ0) is 19.8. The number of nitrogens with one attached hydrogen (secondary N) is 1. The van der Waals surface area contributed by atoms with Crippen molar-refractivity contribution < 1.29 is 15.0 Å². The average molecular weight is 398 g/mol. The van der Waals surface area contributed by atoms with Gasteiger partial charge in [0.2, 0.25) is 0 Å². The van der Waals surface area contributed by atoms with Crippen molar-refractivity contribution in [2.75, 3.05) is 18.0 Å². The van der Waals surface area contributed by atoms with Crippen molar-refractivity contribution in [3.05, 3.63) is 52.2 Å². The molecule has 8 heteroatoms. The number of hydrogen-bond donors (Lipinski definition) is 3. The molecule has 3 aromatic heterocycles. The lowest BCUT2D eigenvalue weighted by Crippen LogP contribution is -2.24. The zero-order valence-electron chi connectivity index (χ0n) is 15.7. The maximum Gasteiger partial charge on any atom is 0.339 e. The van der Waals surface area contributed by atoms with Crippen LogP contribution < -0.4 is 4.90 Å². The van der Waals surface area contributed by atoms with Crippen molar-refractivity contribution in [3.8, 4) is 10.6 Å². The molecule has 4 heterocycles. The highest BCUT2D eigenvalue weighted by atomic mass is 32.1. The van der Waals surface area contributed by atoms with Crippen molar-refractivity contribution in [2.45, 2.75) is 26.4 Å². The quantitative estimate of drug-likeness (QED) is 0.611. The van der Waals surface area contributed by atoms with Gasteiger partial charge in [-0.2, -0.15) is 5.10 Å². The fraction of sp³-hybridized carbons (Fsp3) is 0.350. The highest BCUT2D eigenvalue weighted by molar-refractivity contribution is 7.15. The maximum absolute atomic E-state index is 11.7. The Balaban J connectivity index is 1.62. The molecule has 0 bridgehead atoms. The Labute approximate surface area is 166 Å². The van der Waals surface area contributed by atoms with E-state index in [9.17, 15) is 15.0 Å². The molecule has 0 amide bonds. The summed E-state index contributed by atoms with van der Waals surface area (Å²) >= 11 is 1.62. The van der Waals surface area contributed by atoms with E-state index in [4.69, 9.17) is 0 Å². The minimum absolute atomic E-state index is 0.0289. The smallest absolute Gasteiger partial charge is 0.339 e. The third-order valence-electron chi connectivity index (χ3n) is 5.03. The molecule has 4 rings (SSSR count). The molecule has 0 saturated carbocycles. The SMILES string of the molecule is Cc1cc(C[C@@H]2CN(c3nc(-c4ccc(C)s4)ccc3C(=O)O)C[C@@H]2O)n[nH]1. The number of aryl methyl sites for hydroxylation is 2. The summed E-state index contributed by atoms with van der Waals surface area (Å²) in [6, 6.07) is 9.33. The Morgan fingerprint density at radius 2 is 2.11 bits per heavy atom. The van der Waals surface area contributed by atoms with Crippen LogP contribution in [0.15, 0.2) is 30.3 Å². The molecule has 3 aromatic rings. The summed E-state index contributed by atoms with van der Waals surface area (Å²) in [6.45, 7) is 4.86. The summed E-state index contributed by atoms with van der Waals surface area (Å²) < 4.78 is 0. The highest BCUT2D eigenvalue weighted by Gasteiger charge is 2.34. The number of aromatic amines is 1. The number of nitrogens with zero attached hydrogens (tertiary/aromatic N) is 3. The van der Waals surface area contributed by atoms with Crippen LogP contribution in [0.5, 0.6) is 0 Å². The first-order chi connectivity index (χ1) is 13.4. The van der Waals surface area contributed by atoms with Gasteiger partial charge in [-0.1, -0.05) is 0 Å². The van der Waals surface area contributed by atoms with E-state index < -0.39 is 12.1 Å². The van der Waals surface area contributed by atoms with Gasteiger partial charge in [0.05, 0.1) is 22.4 Å². The fourth-order valence-corrected chi connectivity index (χ4v) is 4.48. The number of anilines is 1. The van der Waals surface area contributed by atoms with Crippen molar-refractivity contribution >= 4 is 23.1 Å². The van der Waals surface area contributed by atoms with Crippen LogP contribution in [0.1, 0.15) is 26.6 Å². The van der Waals surface area contributed by atoms with Gasteiger partial charge in [-0.25, -0.2) is 9.78 Å². The number of β-amino-alcohol motifs (C(OH)–C–C–N with tert-alkyl or cyclic N) is 1. The number of thiophene rings is 1. The van der Waals surface area contributed by atoms with E-state index in [0.29, 0.717) is 25.3 Å². The Kier molecular flexibility index (Phi) is 4.91. The maximum atomic E-state index is 11.7. The van der Waals surface area contributed by atoms with E-state index in [-0.39, 0.29) is 11.5 Å². The molecule has 28 heavy (non-hydrogen) atoms. The topological polar surface area (TPSA) is 102 Å². The summed E-state index contributed by atoms with van der Waals surface area (Å²) in [4.78, 5) is 20.5. The Hall–Kier alpha value is -2.71. The summed E-state index contributed by atoms with van der Waals surface area (Å²) in [5.41, 5.74) is 2.78. The molecule has 0 unspecified atom stereocenters. The number of aliphatic hydroxyl groups excluding tert-OH is 1. The molecular formula is C20H22N4O3S. The van der Waals surface area contributed by atoms with Crippen LogP contribution in [0.2, 0.25) is 0 Å². The molecular weight excluding hydrogens is 376 g/mol. The van der Waals surface area contributed by atoms with Gasteiger partial charge in [0, 0.05) is 29.6 Å². The summed E-state index contributed by atoms with van der Waals surface area (Å²) in [5.74, 6) is -0.633. The Morgan fingerprint density at radius 3 is 2.75 bits per heavy atom. The first-order valence-electron chi connectivity index (χ1n) is 9.16. The number of carbonyl (C=O) groups is 1. The number of rotatable bonds is 5. The number of aliphatic hydroxyl groups is 1. The lowest BCUT2D eigenvalue weighted by atomic mass is 10.0. The second kappa shape index (κ2) is 7.37. The second-order valence-electron chi connectivity index (χ2n) is 7.26. The molecule has 1 saturated heterocycles. The van der Waals surface area contributed by atoms with Gasteiger partial charge in [-0.05, 0) is 50.6 Å². The molecule has 0 aliphatic carbocycles. The number of hydrogen-bond acceptors (Lipinski definition) is 6. The standard InChI is InChI=1S/C20H22N4O3S/c1-11-7-14(23-22-11)8-13-9-24(10-17(13)25)19-15(20(26)27)4-5-16(21-19)18-6-3-12(2)28-18/h3-7,13,17,25H,8-10H2,1-2H3,(H,22,23)(H,26,27)/t13-,17+/m1/s1. The van der Waals surface area contributed by atoms with Gasteiger partial charge in [0.25, 0.3) is 0 Å². The predicted molar refractivity (Wildman–Crippen MR) is 108 cm³/mol. The molecule has 3 N–H and O–H groups in total. The van der Waals surface area contributed by atoms with Crippen LogP contribution in [0.4, 0.5) is 5.82 Å². The van der Waals surface area contributed by atoms with E-state index in [0.717, 1.165) is 22.0 Å². The molecule has 0 radical (unpaired) electrons. The average Bonchev–Trinajstić information content (AvgIpc) is 3.36. The van der Waals surface area contributed by atoms with Crippen molar-refractivity contribution in [1.82, 2.24) is 15.2 Å². The molecule has 7 nitrogen and oxygen atoms in total. The second-order valence-corrected chi connectivity index (χ2v) is 8.55. The highest BCUT2D eigenvalue weighted by Crippen LogP contribution is 2.32. The third kappa shape index (κ3) is 3.65. The number of carboxylic acid groups (broad SMARTS) is 1. The monoisotopic (exact) mass is 398 g/mol. The summed E-state index contributed by atoms with van der Waals surface area (Å²) in [6.07, 6.45) is 0.0712. The Bertz CT molecular complexity index is 1010. The van der Waals surface area contributed by atoms with Gasteiger partial charge in [-0.3, -0.25) is 5.10 Å². The van der Waals surface area contributed by atoms with Gasteiger partial charge in [0.15, 0.2) is 0 Å². The molecule has 1 fully saturated rings. The van der Waals surface area contributed by atoms with Crippen LogP contribution >= 0.6 is 11.3 Å². The number of pyridine rings is 1. The van der Waals surface area contributed by atoms with Gasteiger partial charge >= 0.3 is 5.97 Å². The zero-order valence-corrected chi connectivity index (χ0v) is 16.5. The largest absolute Gasteiger partial charge is 0.478 e. The fourth-order valence-electron chi connectivity index (χ4n) is 3.64. The molecule has 1 aliphatic rings. The van der Waals surface area contributed by atoms with E-state index in [1.54, 1.807) is 23.5 Å². The number of aromatic carboxylic acids is 1. The van der Waals surface area contributed by atoms with Crippen LogP contribution in [0.25, 0.3) is 10.6 Å². The first kappa shape index (κ1) is 18.6. The number of carboxylic acids is 1.